The van der Waals surface area contributed by atoms with Crippen molar-refractivity contribution < 1.29 is 0 Å². The van der Waals surface area contributed by atoms with Gasteiger partial charge in [0.25, 0.3) is 0 Å². The first-order valence-corrected chi connectivity index (χ1v) is 8.05. The van der Waals surface area contributed by atoms with Crippen LogP contribution in [0.15, 0.2) is 29.2 Å². The van der Waals surface area contributed by atoms with Crippen molar-refractivity contribution in [3.05, 3.63) is 29.8 Å². The molecular formula is C15H24N2S. The quantitative estimate of drug-likeness (QED) is 0.755. The van der Waals surface area contributed by atoms with Gasteiger partial charge in [0, 0.05) is 31.1 Å². The maximum absolute atomic E-state index is 2.60. The van der Waals surface area contributed by atoms with Gasteiger partial charge in [-0.1, -0.05) is 18.2 Å². The summed E-state index contributed by atoms with van der Waals surface area (Å²) in [7, 11) is 2.21. The average Bonchev–Trinajstić information content (AvgIpc) is 2.41. The molecule has 0 aliphatic carbocycles. The molecular weight excluding hydrogens is 240 g/mol. The van der Waals surface area contributed by atoms with Crippen molar-refractivity contribution in [1.82, 2.24) is 9.80 Å². The molecule has 0 aromatic heterocycles. The van der Waals surface area contributed by atoms with Crippen LogP contribution in [0.2, 0.25) is 0 Å². The van der Waals surface area contributed by atoms with Crippen molar-refractivity contribution >= 4 is 11.8 Å². The number of hydrogen-bond acceptors (Lipinski definition) is 3. The van der Waals surface area contributed by atoms with Gasteiger partial charge in [-0.15, -0.1) is 11.8 Å². The van der Waals surface area contributed by atoms with Crippen molar-refractivity contribution in [2.45, 2.75) is 17.7 Å². The first-order valence-electron chi connectivity index (χ1n) is 6.82. The second-order valence-corrected chi connectivity index (χ2v) is 5.91. The van der Waals surface area contributed by atoms with E-state index < -0.39 is 0 Å². The lowest BCUT2D eigenvalue weighted by Gasteiger charge is -2.32. The highest BCUT2D eigenvalue weighted by Gasteiger charge is 2.13. The second kappa shape index (κ2) is 7.17. The van der Waals surface area contributed by atoms with E-state index in [1.807, 2.05) is 11.8 Å². The lowest BCUT2D eigenvalue weighted by atomic mass is 10.1. The molecule has 1 heterocycles. The van der Waals surface area contributed by atoms with Crippen LogP contribution in [-0.4, -0.2) is 55.8 Å². The van der Waals surface area contributed by atoms with Crippen LogP contribution in [0, 0.1) is 0 Å². The highest BCUT2D eigenvalue weighted by atomic mass is 32.2. The third kappa shape index (κ3) is 4.01. The predicted molar refractivity (Wildman–Crippen MR) is 80.5 cm³/mol. The summed E-state index contributed by atoms with van der Waals surface area (Å²) in [5.41, 5.74) is 1.51. The summed E-state index contributed by atoms with van der Waals surface area (Å²) in [5, 5.41) is 0. The Balaban J connectivity index is 1.75. The van der Waals surface area contributed by atoms with E-state index in [1.54, 1.807) is 0 Å². The van der Waals surface area contributed by atoms with E-state index in [1.165, 1.54) is 56.0 Å². The van der Waals surface area contributed by atoms with Crippen LogP contribution < -0.4 is 0 Å². The Labute approximate surface area is 115 Å². The molecule has 0 saturated carbocycles. The van der Waals surface area contributed by atoms with Crippen molar-refractivity contribution in [1.29, 1.82) is 0 Å². The van der Waals surface area contributed by atoms with Crippen molar-refractivity contribution in [3.63, 3.8) is 0 Å². The lowest BCUT2D eigenvalue weighted by Crippen LogP contribution is -2.44. The third-order valence-corrected chi connectivity index (χ3v) is 4.55. The van der Waals surface area contributed by atoms with Crippen LogP contribution in [0.3, 0.4) is 0 Å². The summed E-state index contributed by atoms with van der Waals surface area (Å²) in [6.07, 6.45) is 4.66. The number of piperazine rings is 1. The van der Waals surface area contributed by atoms with E-state index in [2.05, 4.69) is 47.4 Å². The van der Waals surface area contributed by atoms with E-state index in [4.69, 9.17) is 0 Å². The summed E-state index contributed by atoms with van der Waals surface area (Å²) in [4.78, 5) is 6.46. The number of likely N-dealkylation sites (N-methyl/N-ethyl adjacent to an activating group) is 1. The molecule has 1 aromatic carbocycles. The highest BCUT2D eigenvalue weighted by Crippen LogP contribution is 2.21. The average molecular weight is 264 g/mol. The van der Waals surface area contributed by atoms with Gasteiger partial charge in [-0.25, -0.2) is 0 Å². The van der Waals surface area contributed by atoms with E-state index in [9.17, 15) is 0 Å². The van der Waals surface area contributed by atoms with Gasteiger partial charge in [-0.3, -0.25) is 0 Å². The van der Waals surface area contributed by atoms with Gasteiger partial charge < -0.3 is 9.80 Å². The maximum atomic E-state index is 2.60. The molecule has 0 spiro atoms. The number of thioether (sulfide) groups is 1. The lowest BCUT2D eigenvalue weighted by molar-refractivity contribution is 0.153. The fourth-order valence-corrected chi connectivity index (χ4v) is 3.12. The number of rotatable bonds is 5. The Morgan fingerprint density at radius 3 is 2.56 bits per heavy atom. The summed E-state index contributed by atoms with van der Waals surface area (Å²) < 4.78 is 0. The van der Waals surface area contributed by atoms with E-state index in [0.717, 1.165) is 0 Å². The zero-order chi connectivity index (χ0) is 12.8. The smallest absolute Gasteiger partial charge is 0.0110 e. The molecule has 0 unspecified atom stereocenters. The van der Waals surface area contributed by atoms with Crippen molar-refractivity contribution in [2.24, 2.45) is 0 Å². The van der Waals surface area contributed by atoms with E-state index >= 15 is 0 Å². The van der Waals surface area contributed by atoms with Crippen LogP contribution >= 0.6 is 11.8 Å². The number of benzene rings is 1. The molecule has 3 heteroatoms. The molecule has 0 N–H and O–H groups in total. The minimum absolute atomic E-state index is 1.21. The number of nitrogens with zero attached hydrogens (tertiary/aromatic N) is 2. The van der Waals surface area contributed by atoms with E-state index in [-0.39, 0.29) is 0 Å². The van der Waals surface area contributed by atoms with Crippen LogP contribution in [0.4, 0.5) is 0 Å². The van der Waals surface area contributed by atoms with Gasteiger partial charge in [0.15, 0.2) is 0 Å². The van der Waals surface area contributed by atoms with Crippen LogP contribution in [0.1, 0.15) is 12.0 Å². The van der Waals surface area contributed by atoms with Crippen molar-refractivity contribution in [2.75, 3.05) is 46.0 Å². The van der Waals surface area contributed by atoms with Gasteiger partial charge in [0.05, 0.1) is 0 Å². The van der Waals surface area contributed by atoms with Gasteiger partial charge in [0.1, 0.15) is 0 Å². The van der Waals surface area contributed by atoms with E-state index in [0.29, 0.717) is 0 Å². The predicted octanol–water partition coefficient (Wildman–Crippen LogP) is 2.59. The SMILES string of the molecule is CSc1ccccc1CCCN1CCN(C)CC1. The van der Waals surface area contributed by atoms with Gasteiger partial charge in [-0.05, 0) is 44.3 Å². The molecule has 0 atom stereocenters. The monoisotopic (exact) mass is 264 g/mol. The Bertz CT molecular complexity index is 359. The number of hydrogen-bond donors (Lipinski definition) is 0. The van der Waals surface area contributed by atoms with Gasteiger partial charge >= 0.3 is 0 Å². The molecule has 0 radical (unpaired) electrons. The molecule has 1 fully saturated rings. The Morgan fingerprint density at radius 2 is 1.83 bits per heavy atom. The summed E-state index contributed by atoms with van der Waals surface area (Å²) in [6.45, 7) is 6.17. The molecule has 0 amide bonds. The topological polar surface area (TPSA) is 6.48 Å². The zero-order valence-corrected chi connectivity index (χ0v) is 12.4. The molecule has 18 heavy (non-hydrogen) atoms. The minimum atomic E-state index is 1.21. The number of aryl methyl sites for hydroxylation is 1. The molecule has 100 valence electrons. The third-order valence-electron chi connectivity index (χ3n) is 3.71. The molecule has 2 rings (SSSR count). The standard InChI is InChI=1S/C15H24N2S/c1-16-10-12-17(13-11-16)9-5-7-14-6-3-4-8-15(14)18-2/h3-4,6,8H,5,7,9-13H2,1-2H3. The molecule has 1 aliphatic heterocycles. The maximum Gasteiger partial charge on any atom is 0.0110 e. The highest BCUT2D eigenvalue weighted by molar-refractivity contribution is 7.98. The van der Waals surface area contributed by atoms with Crippen LogP contribution in [0.5, 0.6) is 0 Å². The first kappa shape index (κ1) is 13.9. The van der Waals surface area contributed by atoms with Gasteiger partial charge in [-0.2, -0.15) is 0 Å². The van der Waals surface area contributed by atoms with Crippen molar-refractivity contribution in [3.8, 4) is 0 Å². The molecule has 0 bridgehead atoms. The molecule has 1 aromatic rings. The summed E-state index contributed by atoms with van der Waals surface area (Å²) in [6, 6.07) is 8.80. The van der Waals surface area contributed by atoms with Crippen LogP contribution in [-0.2, 0) is 6.42 Å². The fourth-order valence-electron chi connectivity index (χ4n) is 2.47. The minimum Gasteiger partial charge on any atom is -0.304 e. The largest absolute Gasteiger partial charge is 0.304 e. The summed E-state index contributed by atoms with van der Waals surface area (Å²) in [5.74, 6) is 0. The normalized spacial score (nSPS) is 18.1. The van der Waals surface area contributed by atoms with Gasteiger partial charge in [0.2, 0.25) is 0 Å². The first-order chi connectivity index (χ1) is 8.79. The molecule has 1 aliphatic rings. The Hall–Kier alpha value is -0.510. The summed E-state index contributed by atoms with van der Waals surface area (Å²) >= 11 is 1.86. The Kier molecular flexibility index (Phi) is 5.54. The zero-order valence-electron chi connectivity index (χ0n) is 11.6. The fraction of sp³-hybridized carbons (Fsp3) is 0.600. The van der Waals surface area contributed by atoms with Crippen LogP contribution in [0.25, 0.3) is 0 Å². The second-order valence-electron chi connectivity index (χ2n) is 5.06. The molecule has 2 nitrogen and oxygen atoms in total. The molecule has 1 saturated heterocycles. The Morgan fingerprint density at radius 1 is 1.11 bits per heavy atom.